The molecule has 2 amide bonds. The van der Waals surface area contributed by atoms with E-state index in [0.29, 0.717) is 13.0 Å². The zero-order valence-corrected chi connectivity index (χ0v) is 14.3. The van der Waals surface area contributed by atoms with Crippen molar-refractivity contribution in [3.05, 3.63) is 54.2 Å². The van der Waals surface area contributed by atoms with Crippen molar-refractivity contribution in [1.29, 1.82) is 0 Å². The zero-order chi connectivity index (χ0) is 17.9. The monoisotopic (exact) mass is 355 g/mol. The molecule has 0 aromatic carbocycles. The third-order valence-electron chi connectivity index (χ3n) is 4.74. The third kappa shape index (κ3) is 3.48. The number of morpholine rings is 1. The Balaban J connectivity index is 1.50. The Morgan fingerprint density at radius 2 is 2.19 bits per heavy atom. The highest BCUT2D eigenvalue weighted by atomic mass is 16.5. The van der Waals surface area contributed by atoms with Gasteiger partial charge in [-0.1, -0.05) is 6.07 Å². The molecule has 136 valence electrons. The minimum absolute atomic E-state index is 0.0659. The van der Waals surface area contributed by atoms with Gasteiger partial charge in [-0.15, -0.1) is 0 Å². The summed E-state index contributed by atoms with van der Waals surface area (Å²) in [4.78, 5) is 31.2. The molecule has 2 aliphatic rings. The molecule has 2 atom stereocenters. The lowest BCUT2D eigenvalue weighted by atomic mass is 9.98. The first-order valence-corrected chi connectivity index (χ1v) is 8.87. The van der Waals surface area contributed by atoms with Gasteiger partial charge < -0.3 is 19.4 Å². The molecule has 1 aliphatic heterocycles. The van der Waals surface area contributed by atoms with Crippen LogP contribution in [0.4, 0.5) is 0 Å². The number of carbonyl (C=O) groups is 2. The van der Waals surface area contributed by atoms with Crippen molar-refractivity contribution in [3.8, 4) is 0 Å². The molecule has 7 heteroatoms. The molecule has 0 unspecified atom stereocenters. The van der Waals surface area contributed by atoms with Crippen molar-refractivity contribution in [2.45, 2.75) is 37.5 Å². The molecule has 1 N–H and O–H groups in total. The fourth-order valence-corrected chi connectivity index (χ4v) is 3.38. The number of nitrogens with one attached hydrogen (secondary N) is 1. The summed E-state index contributed by atoms with van der Waals surface area (Å²) in [5.41, 5.74) is 0.818. The summed E-state index contributed by atoms with van der Waals surface area (Å²) in [6.07, 6.45) is 6.78. The molecule has 2 fully saturated rings. The van der Waals surface area contributed by atoms with Crippen molar-refractivity contribution in [2.75, 3.05) is 13.2 Å². The number of amides is 2. The number of furan rings is 1. The van der Waals surface area contributed by atoms with E-state index in [1.54, 1.807) is 18.7 Å². The number of hydrogen-bond donors (Lipinski definition) is 1. The number of ether oxygens (including phenoxy) is 1. The maximum absolute atomic E-state index is 12.8. The van der Waals surface area contributed by atoms with E-state index in [1.807, 2.05) is 29.2 Å². The Hall–Kier alpha value is -2.67. The van der Waals surface area contributed by atoms with Crippen LogP contribution in [-0.2, 0) is 20.7 Å². The minimum atomic E-state index is -0.742. The fraction of sp³-hybridized carbons (Fsp3) is 0.421. The molecule has 26 heavy (non-hydrogen) atoms. The van der Waals surface area contributed by atoms with Gasteiger partial charge in [0.2, 0.25) is 5.91 Å². The predicted molar refractivity (Wildman–Crippen MR) is 92.0 cm³/mol. The number of pyridine rings is 1. The Bertz CT molecular complexity index is 758. The van der Waals surface area contributed by atoms with Crippen molar-refractivity contribution in [3.63, 3.8) is 0 Å². The number of rotatable bonds is 6. The molecule has 1 saturated carbocycles. The van der Waals surface area contributed by atoms with Crippen LogP contribution in [-0.4, -0.2) is 47.0 Å². The third-order valence-corrected chi connectivity index (χ3v) is 4.74. The topological polar surface area (TPSA) is 84.7 Å². The van der Waals surface area contributed by atoms with Crippen LogP contribution < -0.4 is 5.32 Å². The van der Waals surface area contributed by atoms with Crippen molar-refractivity contribution in [1.82, 2.24) is 15.2 Å². The molecular weight excluding hydrogens is 334 g/mol. The molecule has 0 radical (unpaired) electrons. The summed E-state index contributed by atoms with van der Waals surface area (Å²) in [7, 11) is 0. The molecule has 1 aliphatic carbocycles. The normalized spacial score (nSPS) is 23.1. The molecule has 4 rings (SSSR count). The highest BCUT2D eigenvalue weighted by Crippen LogP contribution is 2.39. The number of carbonyl (C=O) groups excluding carboxylic acids is 2. The number of aromatic nitrogens is 1. The highest BCUT2D eigenvalue weighted by Gasteiger charge is 2.47. The quantitative estimate of drug-likeness (QED) is 0.848. The van der Waals surface area contributed by atoms with Crippen molar-refractivity contribution < 1.29 is 18.7 Å². The number of nitrogens with zero attached hydrogens (tertiary/aromatic N) is 2. The van der Waals surface area contributed by atoms with Crippen LogP contribution in [0.3, 0.4) is 0 Å². The number of hydrogen-bond acceptors (Lipinski definition) is 5. The molecular formula is C19H21N3O4. The molecule has 0 spiro atoms. The van der Waals surface area contributed by atoms with Gasteiger partial charge in [-0.25, -0.2) is 0 Å². The maximum Gasteiger partial charge on any atom is 0.251 e. The van der Waals surface area contributed by atoms with Gasteiger partial charge in [0.15, 0.2) is 6.10 Å². The molecule has 2 aromatic rings. The van der Waals surface area contributed by atoms with E-state index in [2.05, 4.69) is 10.3 Å². The van der Waals surface area contributed by atoms with Crippen LogP contribution in [0, 0.1) is 0 Å². The molecule has 0 bridgehead atoms. The predicted octanol–water partition coefficient (Wildman–Crippen LogP) is 1.46. The van der Waals surface area contributed by atoms with E-state index in [-0.39, 0.29) is 24.5 Å². The largest absolute Gasteiger partial charge is 0.469 e. The van der Waals surface area contributed by atoms with Gasteiger partial charge in [0, 0.05) is 31.4 Å². The summed E-state index contributed by atoms with van der Waals surface area (Å²) in [5.74, 6) is 0.526. The van der Waals surface area contributed by atoms with E-state index in [0.717, 1.165) is 24.2 Å². The van der Waals surface area contributed by atoms with Gasteiger partial charge in [0.1, 0.15) is 12.4 Å². The van der Waals surface area contributed by atoms with Crippen LogP contribution >= 0.6 is 0 Å². The van der Waals surface area contributed by atoms with Crippen molar-refractivity contribution in [2.24, 2.45) is 0 Å². The van der Waals surface area contributed by atoms with E-state index < -0.39 is 12.1 Å². The fourth-order valence-electron chi connectivity index (χ4n) is 3.38. The Kier molecular flexibility index (Phi) is 4.71. The van der Waals surface area contributed by atoms with E-state index >= 15 is 0 Å². The smallest absolute Gasteiger partial charge is 0.251 e. The van der Waals surface area contributed by atoms with Crippen LogP contribution in [0.5, 0.6) is 0 Å². The average molecular weight is 355 g/mol. The van der Waals surface area contributed by atoms with Gasteiger partial charge in [-0.2, -0.15) is 0 Å². The highest BCUT2D eigenvalue weighted by molar-refractivity contribution is 5.86. The standard InChI is InChI=1S/C19H21N3O4/c23-16-12-26-18(19(24)21-9-7-15-4-2-10-25-15)17(22(16)14-5-6-14)13-3-1-8-20-11-13/h1-4,8,10-11,14,17-18H,5-7,9,12H2,(H,21,24)/t17-,18+/m1/s1. The SMILES string of the molecule is O=C(NCCc1ccco1)[C@H]1OCC(=O)N(C2CC2)[C@@H]1c1cccnc1. The lowest BCUT2D eigenvalue weighted by Crippen LogP contribution is -2.55. The summed E-state index contributed by atoms with van der Waals surface area (Å²) in [6, 6.07) is 7.13. The Morgan fingerprint density at radius 1 is 1.31 bits per heavy atom. The van der Waals surface area contributed by atoms with Gasteiger partial charge in [0.05, 0.1) is 12.3 Å². The Morgan fingerprint density at radius 3 is 2.88 bits per heavy atom. The van der Waals surface area contributed by atoms with Gasteiger partial charge >= 0.3 is 0 Å². The van der Waals surface area contributed by atoms with E-state index in [1.165, 1.54) is 0 Å². The van der Waals surface area contributed by atoms with E-state index in [9.17, 15) is 9.59 Å². The van der Waals surface area contributed by atoms with Crippen LogP contribution in [0.2, 0.25) is 0 Å². The molecule has 2 aromatic heterocycles. The lowest BCUT2D eigenvalue weighted by molar-refractivity contribution is -0.165. The summed E-state index contributed by atoms with van der Waals surface area (Å²) >= 11 is 0. The first kappa shape index (κ1) is 16.8. The van der Waals surface area contributed by atoms with Crippen molar-refractivity contribution >= 4 is 11.8 Å². The second-order valence-corrected chi connectivity index (χ2v) is 6.62. The molecule has 1 saturated heterocycles. The second-order valence-electron chi connectivity index (χ2n) is 6.62. The molecule has 3 heterocycles. The summed E-state index contributed by atoms with van der Waals surface area (Å²) in [6.45, 7) is 0.382. The lowest BCUT2D eigenvalue weighted by Gasteiger charge is -2.40. The van der Waals surface area contributed by atoms with Crippen LogP contribution in [0.1, 0.15) is 30.2 Å². The van der Waals surface area contributed by atoms with Gasteiger partial charge in [-0.05, 0) is 36.6 Å². The maximum atomic E-state index is 12.8. The second kappa shape index (κ2) is 7.29. The minimum Gasteiger partial charge on any atom is -0.469 e. The first-order chi connectivity index (χ1) is 12.7. The van der Waals surface area contributed by atoms with Crippen LogP contribution in [0.25, 0.3) is 0 Å². The molecule has 7 nitrogen and oxygen atoms in total. The van der Waals surface area contributed by atoms with Gasteiger partial charge in [-0.3, -0.25) is 14.6 Å². The Labute approximate surface area is 151 Å². The zero-order valence-electron chi connectivity index (χ0n) is 14.3. The summed E-state index contributed by atoms with van der Waals surface area (Å²) < 4.78 is 10.9. The summed E-state index contributed by atoms with van der Waals surface area (Å²) in [5, 5.41) is 2.90. The van der Waals surface area contributed by atoms with Crippen LogP contribution in [0.15, 0.2) is 47.3 Å². The van der Waals surface area contributed by atoms with Gasteiger partial charge in [0.25, 0.3) is 5.91 Å². The first-order valence-electron chi connectivity index (χ1n) is 8.87. The average Bonchev–Trinajstić information content (AvgIpc) is 3.37. The van der Waals surface area contributed by atoms with E-state index in [4.69, 9.17) is 9.15 Å².